The molecule has 0 spiro atoms. The normalized spacial score (nSPS) is 10.1. The molecule has 0 saturated heterocycles. The van der Waals surface area contributed by atoms with Gasteiger partial charge in [0.1, 0.15) is 0 Å². The number of para-hydroxylation sites is 1. The third-order valence-electron chi connectivity index (χ3n) is 2.47. The fraction of sp³-hybridized carbons (Fsp3) is 0.167. The number of rotatable bonds is 3. The SMILES string of the molecule is CN(c1cccnn1)c1ccccc1CN. The molecule has 4 heteroatoms. The van der Waals surface area contributed by atoms with E-state index in [1.807, 2.05) is 48.3 Å². The maximum Gasteiger partial charge on any atom is 0.155 e. The summed E-state index contributed by atoms with van der Waals surface area (Å²) in [7, 11) is 1.96. The molecule has 1 aromatic heterocycles. The zero-order chi connectivity index (χ0) is 11.4. The number of nitrogens with two attached hydrogens (primary N) is 1. The second kappa shape index (κ2) is 4.72. The molecular weight excluding hydrogens is 200 g/mol. The molecule has 2 rings (SSSR count). The van der Waals surface area contributed by atoms with E-state index < -0.39 is 0 Å². The molecule has 0 aliphatic heterocycles. The van der Waals surface area contributed by atoms with Crippen LogP contribution < -0.4 is 10.6 Å². The van der Waals surface area contributed by atoms with E-state index in [1.54, 1.807) is 6.20 Å². The zero-order valence-electron chi connectivity index (χ0n) is 9.17. The van der Waals surface area contributed by atoms with E-state index in [9.17, 15) is 0 Å². The standard InChI is InChI=1S/C12H14N4/c1-16(12-7-4-8-14-15-12)11-6-3-2-5-10(11)9-13/h2-8H,9,13H2,1H3. The van der Waals surface area contributed by atoms with E-state index in [2.05, 4.69) is 10.2 Å². The first-order valence-corrected chi connectivity index (χ1v) is 5.12. The average Bonchev–Trinajstić information content (AvgIpc) is 2.39. The van der Waals surface area contributed by atoms with Crippen LogP contribution >= 0.6 is 0 Å². The third kappa shape index (κ3) is 2.01. The summed E-state index contributed by atoms with van der Waals surface area (Å²) in [4.78, 5) is 1.98. The van der Waals surface area contributed by atoms with Crippen molar-refractivity contribution in [2.75, 3.05) is 11.9 Å². The average molecular weight is 214 g/mol. The molecule has 16 heavy (non-hydrogen) atoms. The topological polar surface area (TPSA) is 55.0 Å². The molecule has 0 amide bonds. The van der Waals surface area contributed by atoms with Crippen LogP contribution in [-0.4, -0.2) is 17.2 Å². The number of hydrogen-bond acceptors (Lipinski definition) is 4. The Bertz CT molecular complexity index is 456. The Kier molecular flexibility index (Phi) is 3.12. The molecule has 0 aliphatic carbocycles. The van der Waals surface area contributed by atoms with Gasteiger partial charge >= 0.3 is 0 Å². The van der Waals surface area contributed by atoms with Crippen molar-refractivity contribution in [1.29, 1.82) is 0 Å². The second-order valence-corrected chi connectivity index (χ2v) is 3.47. The number of hydrogen-bond donors (Lipinski definition) is 1. The summed E-state index contributed by atoms with van der Waals surface area (Å²) in [6.07, 6.45) is 1.66. The first-order valence-electron chi connectivity index (χ1n) is 5.12. The number of benzene rings is 1. The van der Waals surface area contributed by atoms with Crippen LogP contribution in [0, 0.1) is 0 Å². The lowest BCUT2D eigenvalue weighted by atomic mass is 10.1. The summed E-state index contributed by atoms with van der Waals surface area (Å²) in [6.45, 7) is 0.515. The lowest BCUT2D eigenvalue weighted by molar-refractivity contribution is 0.973. The Labute approximate surface area is 94.7 Å². The molecule has 4 nitrogen and oxygen atoms in total. The van der Waals surface area contributed by atoms with Gasteiger partial charge in [0.05, 0.1) is 0 Å². The first-order chi connectivity index (χ1) is 7.83. The van der Waals surface area contributed by atoms with Crippen molar-refractivity contribution in [3.63, 3.8) is 0 Å². The van der Waals surface area contributed by atoms with E-state index in [-0.39, 0.29) is 0 Å². The van der Waals surface area contributed by atoms with Crippen molar-refractivity contribution in [3.05, 3.63) is 48.2 Å². The van der Waals surface area contributed by atoms with E-state index in [0.29, 0.717) is 6.54 Å². The highest BCUT2D eigenvalue weighted by Gasteiger charge is 2.08. The fourth-order valence-corrected chi connectivity index (χ4v) is 1.61. The van der Waals surface area contributed by atoms with Crippen LogP contribution in [0.15, 0.2) is 42.6 Å². The highest BCUT2D eigenvalue weighted by atomic mass is 15.2. The lowest BCUT2D eigenvalue weighted by Crippen LogP contribution is -2.14. The second-order valence-electron chi connectivity index (χ2n) is 3.47. The summed E-state index contributed by atoms with van der Waals surface area (Å²) in [5.41, 5.74) is 7.86. The summed E-state index contributed by atoms with van der Waals surface area (Å²) < 4.78 is 0. The minimum absolute atomic E-state index is 0.515. The molecule has 0 fully saturated rings. The minimum atomic E-state index is 0.515. The Morgan fingerprint density at radius 1 is 1.19 bits per heavy atom. The molecule has 2 N–H and O–H groups in total. The molecule has 0 unspecified atom stereocenters. The van der Waals surface area contributed by atoms with Crippen LogP contribution in [0.2, 0.25) is 0 Å². The predicted octanol–water partition coefficient (Wildman–Crippen LogP) is 1.70. The quantitative estimate of drug-likeness (QED) is 0.845. The highest BCUT2D eigenvalue weighted by molar-refractivity contribution is 5.62. The van der Waals surface area contributed by atoms with Gasteiger partial charge in [-0.25, -0.2) is 0 Å². The van der Waals surface area contributed by atoms with Gasteiger partial charge < -0.3 is 10.6 Å². The fourth-order valence-electron chi connectivity index (χ4n) is 1.61. The van der Waals surface area contributed by atoms with Crippen molar-refractivity contribution < 1.29 is 0 Å². The summed E-state index contributed by atoms with van der Waals surface area (Å²) in [5.74, 6) is 0.809. The summed E-state index contributed by atoms with van der Waals surface area (Å²) in [5, 5.41) is 7.93. The van der Waals surface area contributed by atoms with Crippen LogP contribution in [0.1, 0.15) is 5.56 Å². The smallest absolute Gasteiger partial charge is 0.155 e. The third-order valence-corrected chi connectivity index (χ3v) is 2.47. The molecular formula is C12H14N4. The molecule has 0 bridgehead atoms. The van der Waals surface area contributed by atoms with Crippen LogP contribution in [-0.2, 0) is 6.54 Å². The van der Waals surface area contributed by atoms with Crippen LogP contribution in [0.5, 0.6) is 0 Å². The Balaban J connectivity index is 2.37. The van der Waals surface area contributed by atoms with Crippen LogP contribution in [0.25, 0.3) is 0 Å². The van der Waals surface area contributed by atoms with E-state index in [0.717, 1.165) is 17.1 Å². The van der Waals surface area contributed by atoms with E-state index in [1.165, 1.54) is 0 Å². The van der Waals surface area contributed by atoms with Gasteiger partial charge in [0.15, 0.2) is 5.82 Å². The van der Waals surface area contributed by atoms with Gasteiger partial charge in [0, 0.05) is 25.5 Å². The molecule has 1 heterocycles. The molecule has 1 aromatic carbocycles. The molecule has 2 aromatic rings. The number of nitrogens with zero attached hydrogens (tertiary/aromatic N) is 3. The Morgan fingerprint density at radius 3 is 2.69 bits per heavy atom. The van der Waals surface area contributed by atoms with Crippen molar-refractivity contribution in [2.24, 2.45) is 5.73 Å². The van der Waals surface area contributed by atoms with E-state index >= 15 is 0 Å². The molecule has 0 radical (unpaired) electrons. The lowest BCUT2D eigenvalue weighted by Gasteiger charge is -2.20. The highest BCUT2D eigenvalue weighted by Crippen LogP contribution is 2.24. The molecule has 0 aliphatic rings. The number of anilines is 2. The van der Waals surface area contributed by atoms with Crippen molar-refractivity contribution in [3.8, 4) is 0 Å². The monoisotopic (exact) mass is 214 g/mol. The molecule has 0 atom stereocenters. The maximum absolute atomic E-state index is 5.70. The Morgan fingerprint density at radius 2 is 2.00 bits per heavy atom. The van der Waals surface area contributed by atoms with E-state index in [4.69, 9.17) is 5.73 Å². The van der Waals surface area contributed by atoms with Gasteiger partial charge in [-0.1, -0.05) is 18.2 Å². The van der Waals surface area contributed by atoms with Gasteiger partial charge in [0.25, 0.3) is 0 Å². The summed E-state index contributed by atoms with van der Waals surface area (Å²) >= 11 is 0. The molecule has 82 valence electrons. The predicted molar refractivity (Wildman–Crippen MR) is 64.4 cm³/mol. The van der Waals surface area contributed by atoms with Gasteiger partial charge in [-0.15, -0.1) is 5.10 Å². The van der Waals surface area contributed by atoms with Crippen molar-refractivity contribution in [1.82, 2.24) is 10.2 Å². The maximum atomic E-state index is 5.70. The zero-order valence-corrected chi connectivity index (χ0v) is 9.17. The molecule has 0 saturated carbocycles. The van der Waals surface area contributed by atoms with Crippen molar-refractivity contribution >= 4 is 11.5 Å². The number of aromatic nitrogens is 2. The first kappa shape index (κ1) is 10.6. The van der Waals surface area contributed by atoms with Crippen molar-refractivity contribution in [2.45, 2.75) is 6.54 Å². The van der Waals surface area contributed by atoms with Gasteiger partial charge in [0.2, 0.25) is 0 Å². The minimum Gasteiger partial charge on any atom is -0.328 e. The van der Waals surface area contributed by atoms with Gasteiger partial charge in [-0.3, -0.25) is 0 Å². The Hall–Kier alpha value is -1.94. The summed E-state index contributed by atoms with van der Waals surface area (Å²) in [6, 6.07) is 11.8. The van der Waals surface area contributed by atoms with Crippen LogP contribution in [0.3, 0.4) is 0 Å². The largest absolute Gasteiger partial charge is 0.328 e. The van der Waals surface area contributed by atoms with Gasteiger partial charge in [-0.2, -0.15) is 5.10 Å². The van der Waals surface area contributed by atoms with Gasteiger partial charge in [-0.05, 0) is 23.8 Å². The van der Waals surface area contributed by atoms with Crippen LogP contribution in [0.4, 0.5) is 11.5 Å².